The summed E-state index contributed by atoms with van der Waals surface area (Å²) in [5.74, 6) is 0.450. The van der Waals surface area contributed by atoms with E-state index in [1.807, 2.05) is 24.3 Å². The van der Waals surface area contributed by atoms with Gasteiger partial charge in [-0.2, -0.15) is 13.2 Å². The molecule has 0 amide bonds. The molecule has 0 spiro atoms. The van der Waals surface area contributed by atoms with E-state index in [0.29, 0.717) is 17.5 Å². The molecule has 1 unspecified atom stereocenters. The molecule has 20 heavy (non-hydrogen) atoms. The molecule has 2 rings (SSSR count). The Kier molecular flexibility index (Phi) is 5.16. The first-order valence-corrected chi connectivity index (χ1v) is 7.10. The second-order valence-corrected chi connectivity index (χ2v) is 5.59. The first kappa shape index (κ1) is 15.4. The first-order valence-electron chi connectivity index (χ1n) is 6.72. The predicted octanol–water partition coefficient (Wildman–Crippen LogP) is 3.71. The van der Waals surface area contributed by atoms with Gasteiger partial charge in [-0.25, -0.2) is 0 Å². The van der Waals surface area contributed by atoms with E-state index < -0.39 is 12.7 Å². The summed E-state index contributed by atoms with van der Waals surface area (Å²) < 4.78 is 36.0. The number of alkyl halides is 3. The average molecular weight is 307 g/mol. The van der Waals surface area contributed by atoms with Gasteiger partial charge in [0.25, 0.3) is 0 Å². The maximum atomic E-state index is 12.0. The van der Waals surface area contributed by atoms with Crippen molar-refractivity contribution < 1.29 is 13.2 Å². The number of anilines is 1. The Bertz CT molecular complexity index is 419. The van der Waals surface area contributed by atoms with Crippen LogP contribution in [0.2, 0.25) is 5.02 Å². The van der Waals surface area contributed by atoms with Crippen molar-refractivity contribution in [1.82, 2.24) is 5.32 Å². The van der Waals surface area contributed by atoms with Gasteiger partial charge in [0.1, 0.15) is 0 Å². The van der Waals surface area contributed by atoms with E-state index in [-0.39, 0.29) is 0 Å². The molecule has 1 N–H and O–H groups in total. The molecule has 0 saturated carbocycles. The number of nitrogens with zero attached hydrogens (tertiary/aromatic N) is 1. The summed E-state index contributed by atoms with van der Waals surface area (Å²) in [6, 6.07) is 7.67. The maximum absolute atomic E-state index is 12.0. The van der Waals surface area contributed by atoms with Crippen molar-refractivity contribution in [2.45, 2.75) is 19.0 Å². The van der Waals surface area contributed by atoms with Crippen LogP contribution in [0.3, 0.4) is 0 Å². The molecule has 2 nitrogen and oxygen atoms in total. The summed E-state index contributed by atoms with van der Waals surface area (Å²) >= 11 is 5.85. The normalized spacial score (nSPS) is 19.6. The van der Waals surface area contributed by atoms with Gasteiger partial charge >= 0.3 is 6.18 Å². The fraction of sp³-hybridized carbons (Fsp3) is 0.571. The Hall–Kier alpha value is -0.940. The van der Waals surface area contributed by atoms with Gasteiger partial charge < -0.3 is 10.2 Å². The summed E-state index contributed by atoms with van der Waals surface area (Å²) in [7, 11) is 0. The van der Waals surface area contributed by atoms with Gasteiger partial charge in [-0.15, -0.1) is 0 Å². The van der Waals surface area contributed by atoms with E-state index in [0.717, 1.165) is 31.6 Å². The SMILES string of the molecule is FC(F)(F)CNCCC1CCN(c2ccc(Cl)cc2)C1. The van der Waals surface area contributed by atoms with Crippen molar-refractivity contribution in [3.8, 4) is 0 Å². The second-order valence-electron chi connectivity index (χ2n) is 5.16. The number of nitrogens with one attached hydrogen (secondary N) is 1. The third kappa shape index (κ3) is 4.87. The van der Waals surface area contributed by atoms with Crippen LogP contribution in [-0.2, 0) is 0 Å². The molecule has 112 valence electrons. The van der Waals surface area contributed by atoms with Crippen molar-refractivity contribution in [1.29, 1.82) is 0 Å². The van der Waals surface area contributed by atoms with Crippen molar-refractivity contribution in [3.63, 3.8) is 0 Å². The van der Waals surface area contributed by atoms with Crippen molar-refractivity contribution in [3.05, 3.63) is 29.3 Å². The molecule has 1 saturated heterocycles. The molecule has 1 atom stereocenters. The van der Waals surface area contributed by atoms with Crippen molar-refractivity contribution >= 4 is 17.3 Å². The van der Waals surface area contributed by atoms with Crippen LogP contribution in [-0.4, -0.2) is 32.4 Å². The second kappa shape index (κ2) is 6.68. The van der Waals surface area contributed by atoms with E-state index in [4.69, 9.17) is 11.6 Å². The summed E-state index contributed by atoms with van der Waals surface area (Å²) in [4.78, 5) is 2.25. The van der Waals surface area contributed by atoms with Crippen molar-refractivity contribution in [2.24, 2.45) is 5.92 Å². The van der Waals surface area contributed by atoms with Gasteiger partial charge in [0.15, 0.2) is 0 Å². The molecular formula is C14H18ClF3N2. The van der Waals surface area contributed by atoms with Crippen LogP contribution in [0.4, 0.5) is 18.9 Å². The minimum Gasteiger partial charge on any atom is -0.371 e. The topological polar surface area (TPSA) is 15.3 Å². The molecule has 1 aliphatic rings. The fourth-order valence-electron chi connectivity index (χ4n) is 2.49. The van der Waals surface area contributed by atoms with Gasteiger partial charge in [-0.1, -0.05) is 11.6 Å². The molecule has 1 aromatic carbocycles. The maximum Gasteiger partial charge on any atom is 0.401 e. The van der Waals surface area contributed by atoms with Crippen LogP contribution in [0.1, 0.15) is 12.8 Å². The molecular weight excluding hydrogens is 289 g/mol. The molecule has 6 heteroatoms. The van der Waals surface area contributed by atoms with Crippen LogP contribution in [0, 0.1) is 5.92 Å². The first-order chi connectivity index (χ1) is 9.44. The lowest BCUT2D eigenvalue weighted by Crippen LogP contribution is -2.30. The monoisotopic (exact) mass is 306 g/mol. The fourth-order valence-corrected chi connectivity index (χ4v) is 2.62. The van der Waals surface area contributed by atoms with Gasteiger partial charge in [-0.3, -0.25) is 0 Å². The highest BCUT2D eigenvalue weighted by atomic mass is 35.5. The smallest absolute Gasteiger partial charge is 0.371 e. The third-order valence-corrected chi connectivity index (χ3v) is 3.78. The zero-order valence-corrected chi connectivity index (χ0v) is 11.8. The van der Waals surface area contributed by atoms with Crippen LogP contribution in [0.15, 0.2) is 24.3 Å². The van der Waals surface area contributed by atoms with Gasteiger partial charge in [0, 0.05) is 23.8 Å². The lowest BCUT2D eigenvalue weighted by atomic mass is 10.1. The Morgan fingerprint density at radius 2 is 1.95 bits per heavy atom. The summed E-state index contributed by atoms with van der Waals surface area (Å²) in [5.41, 5.74) is 1.13. The molecule has 1 heterocycles. The summed E-state index contributed by atoms with van der Waals surface area (Å²) in [6.45, 7) is 1.36. The Labute approximate surface area is 121 Å². The van der Waals surface area contributed by atoms with E-state index >= 15 is 0 Å². The highest BCUT2D eigenvalue weighted by Gasteiger charge is 2.27. The quantitative estimate of drug-likeness (QED) is 0.834. The van der Waals surface area contributed by atoms with Gasteiger partial charge in [0.2, 0.25) is 0 Å². The molecule has 1 aromatic rings. The van der Waals surface area contributed by atoms with E-state index in [1.54, 1.807) is 0 Å². The van der Waals surface area contributed by atoms with Crippen LogP contribution >= 0.6 is 11.6 Å². The standard InChI is InChI=1S/C14H18ClF3N2/c15-12-1-3-13(4-2-12)20-8-6-11(9-20)5-7-19-10-14(16,17)18/h1-4,11,19H,5-10H2. The number of hydrogen-bond acceptors (Lipinski definition) is 2. The average Bonchev–Trinajstić information content (AvgIpc) is 2.83. The van der Waals surface area contributed by atoms with Crippen LogP contribution in [0.5, 0.6) is 0 Å². The van der Waals surface area contributed by atoms with Crippen LogP contribution < -0.4 is 10.2 Å². The van der Waals surface area contributed by atoms with Crippen molar-refractivity contribution in [2.75, 3.05) is 31.1 Å². The lowest BCUT2D eigenvalue weighted by Gasteiger charge is -2.19. The molecule has 0 aromatic heterocycles. The molecule has 0 bridgehead atoms. The Morgan fingerprint density at radius 3 is 2.60 bits per heavy atom. The lowest BCUT2D eigenvalue weighted by molar-refractivity contribution is -0.124. The predicted molar refractivity (Wildman–Crippen MR) is 75.3 cm³/mol. The number of rotatable bonds is 5. The third-order valence-electron chi connectivity index (χ3n) is 3.53. The molecule has 1 aliphatic heterocycles. The highest BCUT2D eigenvalue weighted by molar-refractivity contribution is 6.30. The number of benzene rings is 1. The molecule has 0 aliphatic carbocycles. The summed E-state index contributed by atoms with van der Waals surface area (Å²) in [6.07, 6.45) is -2.32. The number of hydrogen-bond donors (Lipinski definition) is 1. The zero-order chi connectivity index (χ0) is 14.6. The van der Waals surface area contributed by atoms with E-state index in [9.17, 15) is 13.2 Å². The molecule has 0 radical (unpaired) electrons. The van der Waals surface area contributed by atoms with E-state index in [2.05, 4.69) is 10.2 Å². The van der Waals surface area contributed by atoms with Crippen LogP contribution in [0.25, 0.3) is 0 Å². The molecule has 1 fully saturated rings. The van der Waals surface area contributed by atoms with Gasteiger partial charge in [0.05, 0.1) is 6.54 Å². The zero-order valence-electron chi connectivity index (χ0n) is 11.1. The number of halogens is 4. The largest absolute Gasteiger partial charge is 0.401 e. The van der Waals surface area contributed by atoms with Gasteiger partial charge in [-0.05, 0) is 49.6 Å². The Balaban J connectivity index is 1.71. The van der Waals surface area contributed by atoms with E-state index in [1.165, 1.54) is 0 Å². The minimum atomic E-state index is -4.12. The highest BCUT2D eigenvalue weighted by Crippen LogP contribution is 2.26. The Morgan fingerprint density at radius 1 is 1.25 bits per heavy atom. The summed E-state index contributed by atoms with van der Waals surface area (Å²) in [5, 5.41) is 3.16. The minimum absolute atomic E-state index is 0.415.